The lowest BCUT2D eigenvalue weighted by Gasteiger charge is -2.42. The number of benzene rings is 1. The van der Waals surface area contributed by atoms with Crippen LogP contribution < -0.4 is 11.1 Å². The summed E-state index contributed by atoms with van der Waals surface area (Å²) in [6.45, 7) is 12.6. The molecule has 1 aromatic carbocycles. The third-order valence-corrected chi connectivity index (χ3v) is 7.63. The molecule has 0 saturated heterocycles. The maximum absolute atomic E-state index is 14.1. The number of ketones is 1. The highest BCUT2D eigenvalue weighted by Crippen LogP contribution is 2.32. The molecule has 1 aliphatic rings. The molecule has 1 aromatic rings. The van der Waals surface area contributed by atoms with E-state index in [0.29, 0.717) is 12.8 Å². The number of hydrogen-bond acceptors (Lipinski definition) is 7. The molecule has 1 saturated carbocycles. The molecule has 9 nitrogen and oxygen atoms in total. The number of aliphatic hydroxyl groups is 1. The summed E-state index contributed by atoms with van der Waals surface area (Å²) in [4.78, 5) is 55.4. The molecular weight excluding hydrogens is 534 g/mol. The van der Waals surface area contributed by atoms with Crippen LogP contribution in [0, 0.1) is 11.8 Å². The van der Waals surface area contributed by atoms with E-state index in [9.17, 15) is 24.3 Å². The van der Waals surface area contributed by atoms with Gasteiger partial charge in [0.25, 0.3) is 0 Å². The van der Waals surface area contributed by atoms with E-state index in [4.69, 9.17) is 10.5 Å². The summed E-state index contributed by atoms with van der Waals surface area (Å²) in [6, 6.07) is 3.68. The number of ether oxygens (including phenoxy) is 1. The minimum Gasteiger partial charge on any atom is -0.456 e. The van der Waals surface area contributed by atoms with Crippen molar-refractivity contribution in [2.45, 2.75) is 136 Å². The lowest BCUT2D eigenvalue weighted by molar-refractivity contribution is -0.150. The van der Waals surface area contributed by atoms with Gasteiger partial charge in [-0.05, 0) is 70.9 Å². The number of aliphatic hydroxyl groups excluding tert-OH is 1. The fourth-order valence-corrected chi connectivity index (χ4v) is 5.66. The van der Waals surface area contributed by atoms with E-state index in [-0.39, 0.29) is 41.7 Å². The molecule has 0 spiro atoms. The van der Waals surface area contributed by atoms with Crippen LogP contribution in [0.4, 0.5) is 5.69 Å². The van der Waals surface area contributed by atoms with Gasteiger partial charge in [-0.3, -0.25) is 14.4 Å². The van der Waals surface area contributed by atoms with Gasteiger partial charge in [0.05, 0.1) is 23.3 Å². The van der Waals surface area contributed by atoms with Gasteiger partial charge in [0, 0.05) is 6.42 Å². The average molecular weight is 588 g/mol. The predicted molar refractivity (Wildman–Crippen MR) is 165 cm³/mol. The molecule has 236 valence electrons. The maximum Gasteiger partial charge on any atom is 0.340 e. The number of anilines is 1. The van der Waals surface area contributed by atoms with Gasteiger partial charge in [-0.15, -0.1) is 0 Å². The van der Waals surface area contributed by atoms with Crippen molar-refractivity contribution in [1.82, 2.24) is 4.90 Å². The van der Waals surface area contributed by atoms with Crippen molar-refractivity contribution < 1.29 is 29.0 Å². The Kier molecular flexibility index (Phi) is 13.6. The summed E-state index contributed by atoms with van der Waals surface area (Å²) in [7, 11) is 0. The summed E-state index contributed by atoms with van der Waals surface area (Å²) in [5, 5.41) is 14.3. The summed E-state index contributed by atoms with van der Waals surface area (Å²) < 4.78 is 5.55. The molecule has 0 heterocycles. The molecule has 1 fully saturated rings. The molecule has 2 amide bonds. The van der Waals surface area contributed by atoms with Crippen molar-refractivity contribution in [3.63, 3.8) is 0 Å². The van der Waals surface area contributed by atoms with Gasteiger partial charge in [0.2, 0.25) is 11.8 Å². The number of nitrogens with two attached hydrogens (primary N) is 1. The fourth-order valence-electron chi connectivity index (χ4n) is 5.66. The normalized spacial score (nSPS) is 17.2. The number of hydrogen-bond donors (Lipinski definition) is 3. The Morgan fingerprint density at radius 2 is 1.69 bits per heavy atom. The minimum atomic E-state index is -1.44. The molecule has 1 unspecified atom stereocenters. The number of amides is 2. The van der Waals surface area contributed by atoms with Crippen LogP contribution in [0.15, 0.2) is 24.3 Å². The van der Waals surface area contributed by atoms with Gasteiger partial charge in [-0.2, -0.15) is 0 Å². The molecule has 0 radical (unpaired) electrons. The number of carbonyl (C=O) groups excluding carboxylic acids is 4. The smallest absolute Gasteiger partial charge is 0.340 e. The topological polar surface area (TPSA) is 139 Å². The quantitative estimate of drug-likeness (QED) is 0.253. The molecule has 0 bridgehead atoms. The van der Waals surface area contributed by atoms with E-state index >= 15 is 0 Å². The van der Waals surface area contributed by atoms with Crippen LogP contribution in [0.1, 0.15) is 117 Å². The van der Waals surface area contributed by atoms with Crippen LogP contribution in [0.2, 0.25) is 0 Å². The highest BCUT2D eigenvalue weighted by Gasteiger charge is 2.42. The zero-order valence-electron chi connectivity index (χ0n) is 26.7. The first-order valence-corrected chi connectivity index (χ1v) is 15.6. The van der Waals surface area contributed by atoms with Crippen LogP contribution >= 0.6 is 0 Å². The van der Waals surface area contributed by atoms with E-state index in [0.717, 1.165) is 32.1 Å². The zero-order chi connectivity index (χ0) is 31.6. The minimum absolute atomic E-state index is 0.0101. The molecule has 0 aliphatic heterocycles. The lowest BCUT2D eigenvalue weighted by Crippen LogP contribution is -2.61. The van der Waals surface area contributed by atoms with Gasteiger partial charge in [-0.25, -0.2) is 4.79 Å². The number of Topliss-reactive ketones (excluding diaryl/α,β-unsaturated/α-hetero) is 1. The van der Waals surface area contributed by atoms with Crippen LogP contribution in [0.3, 0.4) is 0 Å². The van der Waals surface area contributed by atoms with Crippen LogP contribution in [-0.2, 0) is 19.1 Å². The van der Waals surface area contributed by atoms with Crippen molar-refractivity contribution in [2.24, 2.45) is 17.6 Å². The fraction of sp³-hybridized carbons (Fsp3) is 0.697. The number of carbonyl (C=O) groups is 4. The van der Waals surface area contributed by atoms with Crippen molar-refractivity contribution in [3.05, 3.63) is 29.8 Å². The number of esters is 1. The third kappa shape index (κ3) is 10.5. The number of para-hydroxylation sites is 1. The van der Waals surface area contributed by atoms with Crippen molar-refractivity contribution in [3.8, 4) is 0 Å². The Balaban J connectivity index is 2.58. The molecule has 4 atom stereocenters. The van der Waals surface area contributed by atoms with Crippen molar-refractivity contribution in [1.29, 1.82) is 0 Å². The van der Waals surface area contributed by atoms with E-state index in [1.165, 1.54) is 4.90 Å². The summed E-state index contributed by atoms with van der Waals surface area (Å²) in [5.74, 6) is -1.74. The van der Waals surface area contributed by atoms with E-state index < -0.39 is 47.6 Å². The molecule has 2 rings (SSSR count). The number of rotatable bonds is 14. The molecule has 4 N–H and O–H groups in total. The first-order chi connectivity index (χ1) is 19.7. The molecule has 42 heavy (non-hydrogen) atoms. The van der Waals surface area contributed by atoms with Gasteiger partial charge >= 0.3 is 5.97 Å². The molecule has 9 heteroatoms. The van der Waals surface area contributed by atoms with Crippen LogP contribution in [0.25, 0.3) is 0 Å². The van der Waals surface area contributed by atoms with E-state index in [2.05, 4.69) is 5.32 Å². The van der Waals surface area contributed by atoms with Gasteiger partial charge < -0.3 is 25.8 Å². The Labute approximate surface area is 251 Å². The highest BCUT2D eigenvalue weighted by atomic mass is 16.6. The van der Waals surface area contributed by atoms with Gasteiger partial charge in [-0.1, -0.05) is 65.0 Å². The Bertz CT molecular complexity index is 1060. The van der Waals surface area contributed by atoms with Crippen molar-refractivity contribution in [2.75, 3.05) is 5.32 Å². The number of nitrogens with zero attached hydrogens (tertiary/aromatic N) is 1. The molecule has 0 aromatic heterocycles. The van der Waals surface area contributed by atoms with Gasteiger partial charge in [0.15, 0.2) is 5.78 Å². The third-order valence-electron chi connectivity index (χ3n) is 7.63. The van der Waals surface area contributed by atoms with Crippen molar-refractivity contribution >= 4 is 29.3 Å². The standard InChI is InChI=1S/C33H53N3O6/c1-8-14-28(37)29(38)26(20-23-15-10-9-11-16-23)36(31(40)22(4)34)27(19-21(2)3)30(39)35-25-18-13-12-17-24(25)32(41)42-33(5,6)7/h12-13,17-18,21-23,26-27,29,38H,8-11,14-16,19-20,34H2,1-7H3,(H,35,39)/t22-,26-,27-,29?/m0/s1. The molecular formula is C33H53N3O6. The second-order valence-corrected chi connectivity index (χ2v) is 13.2. The Hall–Kier alpha value is -2.78. The van der Waals surface area contributed by atoms with Crippen LogP contribution in [-0.4, -0.2) is 63.4 Å². The summed E-state index contributed by atoms with van der Waals surface area (Å²) >= 11 is 0. The number of nitrogens with one attached hydrogen (secondary N) is 1. The Morgan fingerprint density at radius 1 is 1.07 bits per heavy atom. The maximum atomic E-state index is 14.1. The summed E-state index contributed by atoms with van der Waals surface area (Å²) in [6.07, 6.45) is 5.09. The first-order valence-electron chi connectivity index (χ1n) is 15.6. The monoisotopic (exact) mass is 587 g/mol. The largest absolute Gasteiger partial charge is 0.456 e. The first kappa shape index (κ1) is 35.4. The highest BCUT2D eigenvalue weighted by molar-refractivity contribution is 6.04. The summed E-state index contributed by atoms with van der Waals surface area (Å²) in [5.41, 5.74) is 5.84. The van der Waals surface area contributed by atoms with Crippen LogP contribution in [0.5, 0.6) is 0 Å². The van der Waals surface area contributed by atoms with E-state index in [1.54, 1.807) is 52.0 Å². The lowest BCUT2D eigenvalue weighted by atomic mass is 9.81. The zero-order valence-corrected chi connectivity index (χ0v) is 26.7. The predicted octanol–water partition coefficient (Wildman–Crippen LogP) is 5.24. The molecule has 1 aliphatic carbocycles. The van der Waals surface area contributed by atoms with Gasteiger partial charge in [0.1, 0.15) is 17.7 Å². The Morgan fingerprint density at radius 3 is 2.24 bits per heavy atom. The SMILES string of the molecule is CCCC(=O)C(O)[C@H](CC1CCCCC1)N(C(=O)[C@H](C)N)[C@@H](CC(C)C)C(=O)Nc1ccccc1C(=O)OC(C)(C)C. The average Bonchev–Trinajstić information content (AvgIpc) is 2.91. The second kappa shape index (κ2) is 16.2. The van der Waals surface area contributed by atoms with E-state index in [1.807, 2.05) is 20.8 Å². The second-order valence-electron chi connectivity index (χ2n) is 13.2.